The van der Waals surface area contributed by atoms with E-state index in [0.29, 0.717) is 38.8 Å². The van der Waals surface area contributed by atoms with Crippen LogP contribution in [0.3, 0.4) is 0 Å². The lowest BCUT2D eigenvalue weighted by atomic mass is 10.2. The third-order valence-electron chi connectivity index (χ3n) is 3.60. The summed E-state index contributed by atoms with van der Waals surface area (Å²) in [5, 5.41) is 0. The predicted octanol–water partition coefficient (Wildman–Crippen LogP) is -0.462. The molecule has 0 aliphatic carbocycles. The van der Waals surface area contributed by atoms with Crippen LogP contribution >= 0.6 is 0 Å². The van der Waals surface area contributed by atoms with E-state index in [-0.39, 0.29) is 0 Å². The van der Waals surface area contributed by atoms with Gasteiger partial charge in [0.05, 0.1) is 0 Å². The maximum absolute atomic E-state index is 12.3. The lowest BCUT2D eigenvalue weighted by molar-refractivity contribution is 0.144. The first-order chi connectivity index (χ1) is 8.47. The van der Waals surface area contributed by atoms with Gasteiger partial charge in [-0.1, -0.05) is 13.8 Å². The van der Waals surface area contributed by atoms with Crippen molar-refractivity contribution >= 4 is 10.2 Å². The first-order valence-electron chi connectivity index (χ1n) is 6.66. The monoisotopic (exact) mass is 278 g/mol. The molecular weight excluding hydrogens is 252 g/mol. The van der Waals surface area contributed by atoms with Crippen molar-refractivity contribution in [2.24, 2.45) is 5.73 Å². The van der Waals surface area contributed by atoms with Gasteiger partial charge in [0, 0.05) is 51.9 Å². The molecule has 0 bridgehead atoms. The van der Waals surface area contributed by atoms with Crippen LogP contribution < -0.4 is 5.73 Å². The van der Waals surface area contributed by atoms with E-state index in [1.54, 1.807) is 4.31 Å². The Balaban J connectivity index is 2.62. The molecule has 1 rings (SSSR count). The lowest BCUT2D eigenvalue weighted by Gasteiger charge is -2.38. The summed E-state index contributed by atoms with van der Waals surface area (Å²) in [4.78, 5) is 2.24. The minimum atomic E-state index is -3.27. The molecule has 0 aromatic heterocycles. The summed E-state index contributed by atoms with van der Waals surface area (Å²) in [5.41, 5.74) is 5.63. The first-order valence-corrected chi connectivity index (χ1v) is 8.06. The van der Waals surface area contributed by atoms with Gasteiger partial charge in [0.25, 0.3) is 10.2 Å². The van der Waals surface area contributed by atoms with Gasteiger partial charge in [0.2, 0.25) is 0 Å². The van der Waals surface area contributed by atoms with E-state index in [2.05, 4.69) is 11.8 Å². The van der Waals surface area contributed by atoms with Crippen molar-refractivity contribution < 1.29 is 8.42 Å². The van der Waals surface area contributed by atoms with Gasteiger partial charge in [-0.3, -0.25) is 4.90 Å². The molecular formula is C11H26N4O2S. The van der Waals surface area contributed by atoms with Crippen LogP contribution in [0.1, 0.15) is 20.8 Å². The molecule has 1 unspecified atom stereocenters. The normalized spacial score (nSPS) is 21.4. The SMILES string of the molecule is CCN(CC)S(=O)(=O)N1CCN(C(C)CN)CC1. The Labute approximate surface area is 111 Å². The third kappa shape index (κ3) is 3.42. The molecule has 6 nitrogen and oxygen atoms in total. The molecule has 0 aromatic carbocycles. The number of hydrogen-bond donors (Lipinski definition) is 1. The van der Waals surface area contributed by atoms with Gasteiger partial charge in [-0.2, -0.15) is 17.0 Å². The Morgan fingerprint density at radius 3 is 2.06 bits per heavy atom. The summed E-state index contributed by atoms with van der Waals surface area (Å²) >= 11 is 0. The Morgan fingerprint density at radius 1 is 1.17 bits per heavy atom. The number of rotatable bonds is 6. The Hall–Kier alpha value is -0.210. The molecule has 1 atom stereocenters. The van der Waals surface area contributed by atoms with Crippen LogP contribution in [0.25, 0.3) is 0 Å². The van der Waals surface area contributed by atoms with Crippen molar-refractivity contribution in [2.75, 3.05) is 45.8 Å². The fourth-order valence-electron chi connectivity index (χ4n) is 2.24. The largest absolute Gasteiger partial charge is 0.329 e. The van der Waals surface area contributed by atoms with Crippen molar-refractivity contribution in [2.45, 2.75) is 26.8 Å². The van der Waals surface area contributed by atoms with Crippen LogP contribution in [0.4, 0.5) is 0 Å². The highest BCUT2D eigenvalue weighted by atomic mass is 32.2. The molecule has 7 heteroatoms. The van der Waals surface area contributed by atoms with E-state index < -0.39 is 10.2 Å². The van der Waals surface area contributed by atoms with Crippen LogP contribution in [0.15, 0.2) is 0 Å². The van der Waals surface area contributed by atoms with E-state index in [4.69, 9.17) is 5.73 Å². The Morgan fingerprint density at radius 2 is 1.67 bits per heavy atom. The van der Waals surface area contributed by atoms with Crippen LogP contribution in [0, 0.1) is 0 Å². The molecule has 0 saturated carbocycles. The van der Waals surface area contributed by atoms with Crippen LogP contribution in [-0.2, 0) is 10.2 Å². The number of hydrogen-bond acceptors (Lipinski definition) is 4. The number of nitrogens with zero attached hydrogens (tertiary/aromatic N) is 3. The second-order valence-corrected chi connectivity index (χ2v) is 6.54. The van der Waals surface area contributed by atoms with Gasteiger partial charge in [0.15, 0.2) is 0 Å². The highest BCUT2D eigenvalue weighted by Gasteiger charge is 2.31. The zero-order valence-corrected chi connectivity index (χ0v) is 12.5. The highest BCUT2D eigenvalue weighted by Crippen LogP contribution is 2.13. The lowest BCUT2D eigenvalue weighted by Crippen LogP contribution is -2.55. The quantitative estimate of drug-likeness (QED) is 0.714. The molecule has 108 valence electrons. The van der Waals surface area contributed by atoms with Gasteiger partial charge in [-0.15, -0.1) is 0 Å². The minimum Gasteiger partial charge on any atom is -0.329 e. The van der Waals surface area contributed by atoms with E-state index in [9.17, 15) is 8.42 Å². The van der Waals surface area contributed by atoms with Gasteiger partial charge in [-0.25, -0.2) is 0 Å². The van der Waals surface area contributed by atoms with Crippen molar-refractivity contribution in [1.82, 2.24) is 13.5 Å². The second-order valence-electron chi connectivity index (χ2n) is 4.61. The van der Waals surface area contributed by atoms with E-state index in [1.165, 1.54) is 4.31 Å². The van der Waals surface area contributed by atoms with Crippen LogP contribution in [0.5, 0.6) is 0 Å². The predicted molar refractivity (Wildman–Crippen MR) is 73.5 cm³/mol. The zero-order valence-electron chi connectivity index (χ0n) is 11.7. The molecule has 1 fully saturated rings. The summed E-state index contributed by atoms with van der Waals surface area (Å²) in [6.45, 7) is 10.1. The smallest absolute Gasteiger partial charge is 0.282 e. The van der Waals surface area contributed by atoms with Crippen molar-refractivity contribution in [3.05, 3.63) is 0 Å². The minimum absolute atomic E-state index is 0.323. The Kier molecular flexibility index (Phi) is 6.00. The molecule has 18 heavy (non-hydrogen) atoms. The van der Waals surface area contributed by atoms with Gasteiger partial charge in [-0.05, 0) is 6.92 Å². The van der Waals surface area contributed by atoms with E-state index in [1.807, 2.05) is 13.8 Å². The summed E-state index contributed by atoms with van der Waals surface area (Å²) in [5.74, 6) is 0. The number of nitrogens with two attached hydrogens (primary N) is 1. The summed E-state index contributed by atoms with van der Waals surface area (Å²) < 4.78 is 27.7. The average molecular weight is 278 g/mol. The van der Waals surface area contributed by atoms with E-state index in [0.717, 1.165) is 13.1 Å². The average Bonchev–Trinajstić information content (AvgIpc) is 2.39. The maximum Gasteiger partial charge on any atom is 0.282 e. The van der Waals surface area contributed by atoms with Crippen molar-refractivity contribution in [3.8, 4) is 0 Å². The van der Waals surface area contributed by atoms with E-state index >= 15 is 0 Å². The summed E-state index contributed by atoms with van der Waals surface area (Å²) in [6.07, 6.45) is 0. The molecule has 0 spiro atoms. The fraction of sp³-hybridized carbons (Fsp3) is 1.00. The fourth-order valence-corrected chi connectivity index (χ4v) is 3.84. The van der Waals surface area contributed by atoms with Crippen LogP contribution in [0.2, 0.25) is 0 Å². The number of piperazine rings is 1. The molecule has 1 saturated heterocycles. The second kappa shape index (κ2) is 6.81. The highest BCUT2D eigenvalue weighted by molar-refractivity contribution is 7.86. The Bertz CT molecular complexity index is 335. The van der Waals surface area contributed by atoms with Crippen molar-refractivity contribution in [3.63, 3.8) is 0 Å². The van der Waals surface area contributed by atoms with Gasteiger partial charge in [0.1, 0.15) is 0 Å². The molecule has 1 aliphatic heterocycles. The van der Waals surface area contributed by atoms with Crippen molar-refractivity contribution in [1.29, 1.82) is 0 Å². The van der Waals surface area contributed by atoms with Crippen LogP contribution in [-0.4, -0.2) is 73.8 Å². The first kappa shape index (κ1) is 15.8. The van der Waals surface area contributed by atoms with Gasteiger partial charge >= 0.3 is 0 Å². The molecule has 0 aromatic rings. The van der Waals surface area contributed by atoms with Gasteiger partial charge < -0.3 is 5.73 Å². The maximum atomic E-state index is 12.3. The summed E-state index contributed by atoms with van der Waals surface area (Å²) in [6, 6.07) is 0.323. The molecule has 2 N–H and O–H groups in total. The summed E-state index contributed by atoms with van der Waals surface area (Å²) in [7, 11) is -3.27. The molecule has 1 heterocycles. The molecule has 0 radical (unpaired) electrons. The molecule has 0 amide bonds. The standard InChI is InChI=1S/C11H26N4O2S/c1-4-14(5-2)18(16,17)15-8-6-13(7-9-15)11(3)10-12/h11H,4-10,12H2,1-3H3. The topological polar surface area (TPSA) is 69.9 Å². The zero-order chi connectivity index (χ0) is 13.8. The molecule has 1 aliphatic rings. The third-order valence-corrected chi connectivity index (χ3v) is 5.78.